The summed E-state index contributed by atoms with van der Waals surface area (Å²) in [5.41, 5.74) is -0.353. The molecule has 3 aromatic heterocycles. The summed E-state index contributed by atoms with van der Waals surface area (Å²) in [5, 5.41) is 8.60. The lowest BCUT2D eigenvalue weighted by molar-refractivity contribution is -0.137. The summed E-state index contributed by atoms with van der Waals surface area (Å²) in [4.78, 5) is 11.0. The molecule has 10 heteroatoms. The molecule has 0 aliphatic carbocycles. The van der Waals surface area contributed by atoms with Gasteiger partial charge in [0.05, 0.1) is 5.56 Å². The van der Waals surface area contributed by atoms with Crippen molar-refractivity contribution >= 4 is 11.6 Å². The van der Waals surface area contributed by atoms with Crippen molar-refractivity contribution in [3.63, 3.8) is 0 Å². The molecule has 0 N–H and O–H groups in total. The number of fused-ring (bicyclic) bond motifs is 1. The Morgan fingerprint density at radius 1 is 1.04 bits per heavy atom. The molecule has 138 valence electrons. The lowest BCUT2D eigenvalue weighted by Gasteiger charge is -2.10. The molecule has 0 saturated carbocycles. The highest BCUT2D eigenvalue weighted by Crippen LogP contribution is 2.29. The Hall–Kier alpha value is -2.65. The van der Waals surface area contributed by atoms with Gasteiger partial charge in [0, 0.05) is 39.2 Å². The van der Waals surface area contributed by atoms with Gasteiger partial charge in [-0.15, -0.1) is 5.10 Å². The second-order valence-corrected chi connectivity index (χ2v) is 6.39. The van der Waals surface area contributed by atoms with Gasteiger partial charge >= 0.3 is 6.18 Å². The van der Waals surface area contributed by atoms with E-state index in [9.17, 15) is 13.2 Å². The average molecular weight is 365 g/mol. The van der Waals surface area contributed by atoms with Crippen molar-refractivity contribution in [2.45, 2.75) is 31.9 Å². The lowest BCUT2D eigenvalue weighted by Crippen LogP contribution is -2.19. The fraction of sp³-hybridized carbons (Fsp3) is 0.500. The summed E-state index contributed by atoms with van der Waals surface area (Å²) in [7, 11) is 1.84. The van der Waals surface area contributed by atoms with Crippen molar-refractivity contribution in [1.82, 2.24) is 29.4 Å². The van der Waals surface area contributed by atoms with Gasteiger partial charge < -0.3 is 4.90 Å². The summed E-state index contributed by atoms with van der Waals surface area (Å²) >= 11 is 0. The number of hydrogen-bond donors (Lipinski definition) is 0. The van der Waals surface area contributed by atoms with Crippen LogP contribution in [0.25, 0.3) is 5.65 Å². The number of aryl methyl sites for hydroxylation is 3. The van der Waals surface area contributed by atoms with Crippen LogP contribution in [0.1, 0.15) is 30.1 Å². The van der Waals surface area contributed by atoms with Gasteiger partial charge in [0.2, 0.25) is 5.95 Å². The highest BCUT2D eigenvalue weighted by Gasteiger charge is 2.31. The molecule has 0 spiro atoms. The van der Waals surface area contributed by atoms with Crippen LogP contribution in [-0.4, -0.2) is 42.5 Å². The number of halogens is 3. The fourth-order valence-electron chi connectivity index (χ4n) is 3.10. The van der Waals surface area contributed by atoms with Crippen LogP contribution in [-0.2, 0) is 26.1 Å². The molecular weight excluding hydrogens is 347 g/mol. The first-order valence-electron chi connectivity index (χ1n) is 8.47. The minimum atomic E-state index is -4.40. The molecule has 3 aromatic rings. The van der Waals surface area contributed by atoms with E-state index in [2.05, 4.69) is 25.1 Å². The van der Waals surface area contributed by atoms with Crippen molar-refractivity contribution in [2.75, 3.05) is 18.0 Å². The molecule has 0 aromatic carbocycles. The van der Waals surface area contributed by atoms with Crippen LogP contribution in [0.3, 0.4) is 0 Å². The van der Waals surface area contributed by atoms with E-state index in [4.69, 9.17) is 0 Å². The fourth-order valence-corrected chi connectivity index (χ4v) is 3.10. The normalized spacial score (nSPS) is 15.3. The Morgan fingerprint density at radius 2 is 1.81 bits per heavy atom. The molecule has 0 bridgehead atoms. The largest absolute Gasteiger partial charge is 0.417 e. The van der Waals surface area contributed by atoms with E-state index < -0.39 is 11.7 Å². The maximum absolute atomic E-state index is 12.8. The van der Waals surface area contributed by atoms with Crippen molar-refractivity contribution in [3.05, 3.63) is 35.5 Å². The number of pyridine rings is 1. The number of rotatable bonds is 4. The average Bonchev–Trinajstić information content (AvgIpc) is 3.30. The van der Waals surface area contributed by atoms with Gasteiger partial charge in [-0.2, -0.15) is 23.3 Å². The van der Waals surface area contributed by atoms with Crippen molar-refractivity contribution in [1.29, 1.82) is 0 Å². The Kier molecular flexibility index (Phi) is 4.04. The molecule has 1 fully saturated rings. The van der Waals surface area contributed by atoms with Crippen molar-refractivity contribution < 1.29 is 13.2 Å². The Labute approximate surface area is 147 Å². The van der Waals surface area contributed by atoms with Gasteiger partial charge in [-0.3, -0.25) is 4.68 Å². The van der Waals surface area contributed by atoms with E-state index >= 15 is 0 Å². The molecule has 0 amide bonds. The van der Waals surface area contributed by atoms with E-state index in [0.717, 1.165) is 50.0 Å². The standard InChI is InChI=1S/C16H18F3N7/c1-24-13(21-15(23-24)25-8-2-3-9-25)7-5-12-20-14-6-4-11(16(17,18)19)10-26(14)22-12/h4,6,10H,2-3,5,7-9H2,1H3. The molecule has 0 unspecified atom stereocenters. The molecule has 4 rings (SSSR count). The SMILES string of the molecule is Cn1nc(N2CCCC2)nc1CCc1nc2ccc(C(F)(F)F)cn2n1. The second kappa shape index (κ2) is 6.26. The minimum Gasteiger partial charge on any atom is -0.340 e. The van der Waals surface area contributed by atoms with Crippen molar-refractivity contribution in [2.24, 2.45) is 7.05 Å². The first kappa shape index (κ1) is 16.8. The topological polar surface area (TPSA) is 64.1 Å². The number of anilines is 1. The van der Waals surface area contributed by atoms with E-state index in [1.165, 1.54) is 10.6 Å². The van der Waals surface area contributed by atoms with E-state index in [1.807, 2.05) is 7.05 Å². The van der Waals surface area contributed by atoms with E-state index in [1.54, 1.807) is 4.68 Å². The first-order valence-corrected chi connectivity index (χ1v) is 8.47. The molecule has 1 aliphatic rings. The molecular formula is C16H18F3N7. The smallest absolute Gasteiger partial charge is 0.340 e. The van der Waals surface area contributed by atoms with E-state index in [-0.39, 0.29) is 0 Å². The zero-order chi connectivity index (χ0) is 18.3. The molecule has 26 heavy (non-hydrogen) atoms. The Morgan fingerprint density at radius 3 is 2.54 bits per heavy atom. The van der Waals surface area contributed by atoms with Crippen molar-refractivity contribution in [3.8, 4) is 0 Å². The predicted molar refractivity (Wildman–Crippen MR) is 87.8 cm³/mol. The van der Waals surface area contributed by atoms with Crippen LogP contribution in [0, 0.1) is 0 Å². The Balaban J connectivity index is 1.49. The molecule has 0 atom stereocenters. The molecule has 7 nitrogen and oxygen atoms in total. The van der Waals surface area contributed by atoms with Crippen LogP contribution in [0.4, 0.5) is 19.1 Å². The number of nitrogens with zero attached hydrogens (tertiary/aromatic N) is 7. The van der Waals surface area contributed by atoms with Crippen LogP contribution >= 0.6 is 0 Å². The van der Waals surface area contributed by atoms with Crippen LogP contribution in [0.15, 0.2) is 18.3 Å². The third kappa shape index (κ3) is 3.23. The summed E-state index contributed by atoms with van der Waals surface area (Å²) in [6.45, 7) is 1.94. The summed E-state index contributed by atoms with van der Waals surface area (Å²) in [6.07, 6.45) is -0.0861. The number of alkyl halides is 3. The molecule has 4 heterocycles. The molecule has 1 aliphatic heterocycles. The Bertz CT molecular complexity index is 922. The number of aromatic nitrogens is 6. The van der Waals surface area contributed by atoms with Gasteiger partial charge in [-0.1, -0.05) is 0 Å². The minimum absolute atomic E-state index is 0.392. The summed E-state index contributed by atoms with van der Waals surface area (Å²) in [5.74, 6) is 2.02. The highest BCUT2D eigenvalue weighted by molar-refractivity contribution is 5.39. The number of hydrogen-bond acceptors (Lipinski definition) is 5. The monoisotopic (exact) mass is 365 g/mol. The third-order valence-corrected chi connectivity index (χ3v) is 4.51. The zero-order valence-electron chi connectivity index (χ0n) is 14.2. The van der Waals surface area contributed by atoms with Gasteiger partial charge in [-0.25, -0.2) is 9.50 Å². The van der Waals surface area contributed by atoms with Crippen LogP contribution in [0.5, 0.6) is 0 Å². The summed E-state index contributed by atoms with van der Waals surface area (Å²) in [6, 6.07) is 2.34. The van der Waals surface area contributed by atoms with Gasteiger partial charge in [-0.05, 0) is 25.0 Å². The first-order chi connectivity index (χ1) is 12.4. The summed E-state index contributed by atoms with van der Waals surface area (Å²) < 4.78 is 41.3. The van der Waals surface area contributed by atoms with Gasteiger partial charge in [0.25, 0.3) is 0 Å². The maximum atomic E-state index is 12.8. The van der Waals surface area contributed by atoms with Crippen LogP contribution in [0.2, 0.25) is 0 Å². The van der Waals surface area contributed by atoms with Gasteiger partial charge in [0.15, 0.2) is 11.5 Å². The molecule has 0 radical (unpaired) electrons. The third-order valence-electron chi connectivity index (χ3n) is 4.51. The highest BCUT2D eigenvalue weighted by atomic mass is 19.4. The van der Waals surface area contributed by atoms with Crippen LogP contribution < -0.4 is 4.90 Å². The maximum Gasteiger partial charge on any atom is 0.417 e. The van der Waals surface area contributed by atoms with Gasteiger partial charge in [0.1, 0.15) is 5.82 Å². The predicted octanol–water partition coefficient (Wildman–Crippen LogP) is 2.26. The quantitative estimate of drug-likeness (QED) is 0.710. The second-order valence-electron chi connectivity index (χ2n) is 6.39. The van der Waals surface area contributed by atoms with E-state index in [0.29, 0.717) is 24.3 Å². The zero-order valence-corrected chi connectivity index (χ0v) is 14.2. The lowest BCUT2D eigenvalue weighted by atomic mass is 10.3. The molecule has 1 saturated heterocycles.